The summed E-state index contributed by atoms with van der Waals surface area (Å²) in [6, 6.07) is 1.78. The van der Waals surface area contributed by atoms with Gasteiger partial charge in [0.25, 0.3) is 0 Å². The second-order valence-corrected chi connectivity index (χ2v) is 3.27. The van der Waals surface area contributed by atoms with Crippen molar-refractivity contribution in [1.29, 1.82) is 0 Å². The lowest BCUT2D eigenvalue weighted by molar-refractivity contribution is -0.112. The number of carbonyl (C=O) groups is 1. The van der Waals surface area contributed by atoms with Gasteiger partial charge in [0.2, 0.25) is 5.91 Å². The van der Waals surface area contributed by atoms with Gasteiger partial charge in [-0.05, 0) is 20.8 Å². The summed E-state index contributed by atoms with van der Waals surface area (Å²) >= 11 is 0. The highest BCUT2D eigenvalue weighted by molar-refractivity contribution is 5.98. The standard InChI is InChI=1S/C10H15N3O/c1-4-13-6-5-9(12-13)11-10(14)7-8(2)3/h5-7H,4H2,1-3H3,(H,11,12,14). The number of aromatic nitrogens is 2. The maximum atomic E-state index is 11.3. The number of allylic oxidation sites excluding steroid dienone is 1. The Morgan fingerprint density at radius 3 is 2.86 bits per heavy atom. The van der Waals surface area contributed by atoms with Crippen molar-refractivity contribution in [2.24, 2.45) is 0 Å². The van der Waals surface area contributed by atoms with Gasteiger partial charge >= 0.3 is 0 Å². The number of carbonyl (C=O) groups excluding carboxylic acids is 1. The zero-order valence-electron chi connectivity index (χ0n) is 8.74. The molecular formula is C10H15N3O. The van der Waals surface area contributed by atoms with Gasteiger partial charge in [-0.25, -0.2) is 0 Å². The molecule has 0 bridgehead atoms. The molecule has 0 spiro atoms. The van der Waals surface area contributed by atoms with E-state index >= 15 is 0 Å². The molecule has 0 fully saturated rings. The Morgan fingerprint density at radius 2 is 2.36 bits per heavy atom. The van der Waals surface area contributed by atoms with Crippen LogP contribution in [0, 0.1) is 0 Å². The van der Waals surface area contributed by atoms with Gasteiger partial charge in [-0.2, -0.15) is 5.10 Å². The highest BCUT2D eigenvalue weighted by Gasteiger charge is 2.00. The Balaban J connectivity index is 2.60. The highest BCUT2D eigenvalue weighted by Crippen LogP contribution is 2.02. The van der Waals surface area contributed by atoms with E-state index in [1.165, 1.54) is 0 Å². The number of amides is 1. The number of hydrogen-bond acceptors (Lipinski definition) is 2. The molecule has 0 unspecified atom stereocenters. The molecule has 14 heavy (non-hydrogen) atoms. The first kappa shape index (κ1) is 10.5. The number of nitrogens with one attached hydrogen (secondary N) is 1. The topological polar surface area (TPSA) is 46.9 Å². The molecule has 0 atom stereocenters. The van der Waals surface area contributed by atoms with E-state index in [2.05, 4.69) is 10.4 Å². The summed E-state index contributed by atoms with van der Waals surface area (Å²) in [6.07, 6.45) is 3.38. The Labute approximate surface area is 83.6 Å². The fraction of sp³-hybridized carbons (Fsp3) is 0.400. The molecule has 0 aliphatic carbocycles. The van der Waals surface area contributed by atoms with Crippen LogP contribution in [0.3, 0.4) is 0 Å². The molecule has 0 saturated carbocycles. The normalized spacial score (nSPS) is 9.64. The molecule has 1 rings (SSSR count). The van der Waals surface area contributed by atoms with E-state index in [1.54, 1.807) is 16.8 Å². The van der Waals surface area contributed by atoms with Crippen LogP contribution < -0.4 is 5.32 Å². The number of aryl methyl sites for hydroxylation is 1. The molecule has 1 heterocycles. The van der Waals surface area contributed by atoms with Crippen molar-refractivity contribution in [3.05, 3.63) is 23.9 Å². The van der Waals surface area contributed by atoms with Crippen molar-refractivity contribution in [3.63, 3.8) is 0 Å². The van der Waals surface area contributed by atoms with Crippen LogP contribution in [0.5, 0.6) is 0 Å². The van der Waals surface area contributed by atoms with Gasteiger partial charge in [-0.1, -0.05) is 5.57 Å². The van der Waals surface area contributed by atoms with Gasteiger partial charge in [0.1, 0.15) is 0 Å². The highest BCUT2D eigenvalue weighted by atomic mass is 16.1. The second kappa shape index (κ2) is 4.60. The molecule has 0 radical (unpaired) electrons. The molecule has 0 aliphatic heterocycles. The van der Waals surface area contributed by atoms with Crippen LogP contribution in [0.1, 0.15) is 20.8 Å². The molecule has 4 nitrogen and oxygen atoms in total. The lowest BCUT2D eigenvalue weighted by Crippen LogP contribution is -2.09. The molecule has 0 aliphatic rings. The monoisotopic (exact) mass is 193 g/mol. The maximum Gasteiger partial charge on any atom is 0.249 e. The lowest BCUT2D eigenvalue weighted by Gasteiger charge is -1.97. The molecular weight excluding hydrogens is 178 g/mol. The summed E-state index contributed by atoms with van der Waals surface area (Å²) in [6.45, 7) is 6.56. The number of hydrogen-bond donors (Lipinski definition) is 1. The van der Waals surface area contributed by atoms with Crippen LogP contribution in [-0.4, -0.2) is 15.7 Å². The number of rotatable bonds is 3. The maximum absolute atomic E-state index is 11.3. The minimum absolute atomic E-state index is 0.133. The summed E-state index contributed by atoms with van der Waals surface area (Å²) in [7, 11) is 0. The Kier molecular flexibility index (Phi) is 3.45. The lowest BCUT2D eigenvalue weighted by atomic mass is 10.3. The van der Waals surface area contributed by atoms with Gasteiger partial charge in [-0.15, -0.1) is 0 Å². The van der Waals surface area contributed by atoms with E-state index in [1.807, 2.05) is 27.0 Å². The second-order valence-electron chi connectivity index (χ2n) is 3.27. The van der Waals surface area contributed by atoms with Crippen molar-refractivity contribution < 1.29 is 4.79 Å². The molecule has 0 saturated heterocycles. The average Bonchev–Trinajstić information content (AvgIpc) is 2.50. The molecule has 1 N–H and O–H groups in total. The third-order valence-electron chi connectivity index (χ3n) is 1.64. The largest absolute Gasteiger partial charge is 0.306 e. The molecule has 76 valence electrons. The summed E-state index contributed by atoms with van der Waals surface area (Å²) in [4.78, 5) is 11.3. The molecule has 4 heteroatoms. The third kappa shape index (κ3) is 3.05. The van der Waals surface area contributed by atoms with Crippen LogP contribution in [0.15, 0.2) is 23.9 Å². The summed E-state index contributed by atoms with van der Waals surface area (Å²) < 4.78 is 1.76. The van der Waals surface area contributed by atoms with Crippen molar-refractivity contribution in [1.82, 2.24) is 9.78 Å². The van der Waals surface area contributed by atoms with Gasteiger partial charge in [0, 0.05) is 24.9 Å². The van der Waals surface area contributed by atoms with Crippen LogP contribution in [0.4, 0.5) is 5.82 Å². The van der Waals surface area contributed by atoms with Crippen LogP contribution in [-0.2, 0) is 11.3 Å². The van der Waals surface area contributed by atoms with Gasteiger partial charge in [0.15, 0.2) is 5.82 Å². The quantitative estimate of drug-likeness (QED) is 0.744. The number of nitrogens with zero attached hydrogens (tertiary/aromatic N) is 2. The summed E-state index contributed by atoms with van der Waals surface area (Å²) in [5, 5.41) is 6.81. The van der Waals surface area contributed by atoms with Crippen molar-refractivity contribution >= 4 is 11.7 Å². The van der Waals surface area contributed by atoms with E-state index in [0.29, 0.717) is 5.82 Å². The summed E-state index contributed by atoms with van der Waals surface area (Å²) in [5.74, 6) is 0.459. The third-order valence-corrected chi connectivity index (χ3v) is 1.64. The van der Waals surface area contributed by atoms with E-state index in [4.69, 9.17) is 0 Å². The van der Waals surface area contributed by atoms with Crippen LogP contribution >= 0.6 is 0 Å². The number of anilines is 1. The minimum atomic E-state index is -0.133. The molecule has 1 aromatic rings. The van der Waals surface area contributed by atoms with E-state index in [0.717, 1.165) is 12.1 Å². The average molecular weight is 193 g/mol. The first-order valence-corrected chi connectivity index (χ1v) is 4.61. The fourth-order valence-electron chi connectivity index (χ4n) is 1.03. The van der Waals surface area contributed by atoms with Gasteiger partial charge in [0.05, 0.1) is 0 Å². The van der Waals surface area contributed by atoms with Gasteiger partial charge in [-0.3, -0.25) is 9.48 Å². The molecule has 1 aromatic heterocycles. The molecule has 1 amide bonds. The Morgan fingerprint density at radius 1 is 1.64 bits per heavy atom. The zero-order valence-corrected chi connectivity index (χ0v) is 8.74. The Bertz CT molecular complexity index is 348. The van der Waals surface area contributed by atoms with Crippen molar-refractivity contribution in [2.45, 2.75) is 27.3 Å². The van der Waals surface area contributed by atoms with E-state index in [-0.39, 0.29) is 5.91 Å². The predicted molar refractivity (Wildman–Crippen MR) is 56.0 cm³/mol. The first-order chi connectivity index (χ1) is 6.61. The SMILES string of the molecule is CCn1ccc(NC(=O)C=C(C)C)n1. The predicted octanol–water partition coefficient (Wildman–Crippen LogP) is 1.81. The summed E-state index contributed by atoms with van der Waals surface area (Å²) in [5.41, 5.74) is 0.970. The van der Waals surface area contributed by atoms with Crippen LogP contribution in [0.2, 0.25) is 0 Å². The smallest absolute Gasteiger partial charge is 0.249 e. The first-order valence-electron chi connectivity index (χ1n) is 4.61. The van der Waals surface area contributed by atoms with E-state index < -0.39 is 0 Å². The minimum Gasteiger partial charge on any atom is -0.306 e. The molecule has 0 aromatic carbocycles. The van der Waals surface area contributed by atoms with Crippen molar-refractivity contribution in [3.8, 4) is 0 Å². The zero-order chi connectivity index (χ0) is 10.6. The Hall–Kier alpha value is -1.58. The van der Waals surface area contributed by atoms with Crippen LogP contribution in [0.25, 0.3) is 0 Å². The van der Waals surface area contributed by atoms with Crippen molar-refractivity contribution in [2.75, 3.05) is 5.32 Å². The van der Waals surface area contributed by atoms with Gasteiger partial charge < -0.3 is 5.32 Å². The van der Waals surface area contributed by atoms with E-state index in [9.17, 15) is 4.79 Å². The fourth-order valence-corrected chi connectivity index (χ4v) is 1.03.